The fourth-order valence-corrected chi connectivity index (χ4v) is 6.00. The number of amides is 1. The van der Waals surface area contributed by atoms with Gasteiger partial charge >= 0.3 is 6.18 Å². The lowest BCUT2D eigenvalue weighted by molar-refractivity contribution is -0.137. The SMILES string of the molecule is O=C(CN(c1cc(C(F)(F)F)ccc1Cl)S(=O)(=O)c1ccccc1)N1CCN(c2ccccc2Cl)CC1. The number of halogens is 5. The molecule has 1 aliphatic rings. The van der Waals surface area contributed by atoms with E-state index in [-0.39, 0.29) is 23.0 Å². The van der Waals surface area contributed by atoms with Gasteiger partial charge in [-0.3, -0.25) is 9.10 Å². The fraction of sp³-hybridized carbons (Fsp3) is 0.240. The molecule has 1 heterocycles. The second kappa shape index (κ2) is 10.8. The molecule has 0 saturated carbocycles. The van der Waals surface area contributed by atoms with Crippen molar-refractivity contribution >= 4 is 50.5 Å². The summed E-state index contributed by atoms with van der Waals surface area (Å²) < 4.78 is 68.0. The molecule has 4 rings (SSSR count). The molecule has 1 aliphatic heterocycles. The Morgan fingerprint density at radius 3 is 2.11 bits per heavy atom. The first-order chi connectivity index (χ1) is 17.5. The molecule has 0 unspecified atom stereocenters. The molecular weight excluding hydrogens is 550 g/mol. The van der Waals surface area contributed by atoms with Crippen LogP contribution >= 0.6 is 23.2 Å². The fourth-order valence-electron chi connectivity index (χ4n) is 4.03. The van der Waals surface area contributed by atoms with Crippen LogP contribution in [-0.2, 0) is 21.0 Å². The van der Waals surface area contributed by atoms with Crippen molar-refractivity contribution in [2.24, 2.45) is 0 Å². The number of nitrogens with zero attached hydrogens (tertiary/aromatic N) is 3. The Morgan fingerprint density at radius 2 is 1.49 bits per heavy atom. The van der Waals surface area contributed by atoms with E-state index in [1.165, 1.54) is 29.2 Å². The van der Waals surface area contributed by atoms with Crippen molar-refractivity contribution in [2.75, 3.05) is 41.9 Å². The Hall–Kier alpha value is -2.95. The van der Waals surface area contributed by atoms with E-state index in [0.717, 1.165) is 17.8 Å². The van der Waals surface area contributed by atoms with Crippen molar-refractivity contribution in [3.63, 3.8) is 0 Å². The van der Waals surface area contributed by atoms with Crippen LogP contribution in [0.5, 0.6) is 0 Å². The molecule has 12 heteroatoms. The molecule has 6 nitrogen and oxygen atoms in total. The van der Waals surface area contributed by atoms with Gasteiger partial charge in [-0.05, 0) is 42.5 Å². The third kappa shape index (κ3) is 5.97. The first kappa shape index (κ1) is 27.1. The molecule has 0 aromatic heterocycles. The first-order valence-electron chi connectivity index (χ1n) is 11.2. The Labute approximate surface area is 222 Å². The molecule has 196 valence electrons. The van der Waals surface area contributed by atoms with Gasteiger partial charge in [0.25, 0.3) is 10.0 Å². The molecule has 0 aliphatic carbocycles. The molecule has 1 fully saturated rings. The van der Waals surface area contributed by atoms with Gasteiger partial charge in [-0.15, -0.1) is 0 Å². The number of carbonyl (C=O) groups is 1. The molecular formula is C25H22Cl2F3N3O3S. The number of rotatable bonds is 6. The zero-order valence-corrected chi connectivity index (χ0v) is 21.7. The van der Waals surface area contributed by atoms with E-state index in [4.69, 9.17) is 23.2 Å². The van der Waals surface area contributed by atoms with Gasteiger partial charge in [-0.25, -0.2) is 8.42 Å². The molecule has 0 bridgehead atoms. The number of alkyl halides is 3. The minimum Gasteiger partial charge on any atom is -0.367 e. The zero-order chi connectivity index (χ0) is 26.8. The van der Waals surface area contributed by atoms with Crippen LogP contribution in [0.25, 0.3) is 0 Å². The number of hydrogen-bond donors (Lipinski definition) is 0. The van der Waals surface area contributed by atoms with Gasteiger partial charge in [0, 0.05) is 26.2 Å². The van der Waals surface area contributed by atoms with Gasteiger partial charge in [0.05, 0.1) is 31.9 Å². The van der Waals surface area contributed by atoms with Crippen LogP contribution in [0, 0.1) is 0 Å². The van der Waals surface area contributed by atoms with Crippen LogP contribution in [-0.4, -0.2) is 51.9 Å². The van der Waals surface area contributed by atoms with Gasteiger partial charge < -0.3 is 9.80 Å². The van der Waals surface area contributed by atoms with Gasteiger partial charge in [0.1, 0.15) is 6.54 Å². The molecule has 0 atom stereocenters. The third-order valence-corrected chi connectivity index (χ3v) is 8.39. The number of anilines is 2. The number of sulfonamides is 1. The summed E-state index contributed by atoms with van der Waals surface area (Å²) in [7, 11) is -4.43. The topological polar surface area (TPSA) is 60.9 Å². The highest BCUT2D eigenvalue weighted by Gasteiger charge is 2.35. The lowest BCUT2D eigenvalue weighted by Crippen LogP contribution is -2.52. The van der Waals surface area contributed by atoms with Gasteiger partial charge in [0.2, 0.25) is 5.91 Å². The summed E-state index contributed by atoms with van der Waals surface area (Å²) in [6.07, 6.45) is -4.74. The minimum absolute atomic E-state index is 0.181. The number of hydrogen-bond acceptors (Lipinski definition) is 4. The van der Waals surface area contributed by atoms with Crippen LogP contribution < -0.4 is 9.21 Å². The molecule has 1 saturated heterocycles. The maximum absolute atomic E-state index is 13.5. The van der Waals surface area contributed by atoms with Crippen molar-refractivity contribution in [2.45, 2.75) is 11.1 Å². The quantitative estimate of drug-likeness (QED) is 0.389. The monoisotopic (exact) mass is 571 g/mol. The normalized spacial score (nSPS) is 14.5. The maximum Gasteiger partial charge on any atom is 0.416 e. The van der Waals surface area contributed by atoms with Crippen molar-refractivity contribution in [1.29, 1.82) is 0 Å². The van der Waals surface area contributed by atoms with Crippen LogP contribution in [0.3, 0.4) is 0 Å². The predicted octanol–water partition coefficient (Wildman–Crippen LogP) is 5.56. The van der Waals surface area contributed by atoms with Crippen LogP contribution in [0.15, 0.2) is 77.7 Å². The Balaban J connectivity index is 1.62. The summed E-state index contributed by atoms with van der Waals surface area (Å²) in [6, 6.07) is 16.8. The second-order valence-electron chi connectivity index (χ2n) is 8.31. The summed E-state index contributed by atoms with van der Waals surface area (Å²) >= 11 is 12.5. The highest BCUT2D eigenvalue weighted by Crippen LogP contribution is 2.37. The average Bonchev–Trinajstić information content (AvgIpc) is 2.88. The van der Waals surface area contributed by atoms with Gasteiger partial charge in [0.15, 0.2) is 0 Å². The van der Waals surface area contributed by atoms with Gasteiger partial charge in [-0.2, -0.15) is 13.2 Å². The van der Waals surface area contributed by atoms with E-state index < -0.39 is 39.9 Å². The molecule has 37 heavy (non-hydrogen) atoms. The van der Waals surface area contributed by atoms with Crippen LogP contribution in [0.1, 0.15) is 5.56 Å². The largest absolute Gasteiger partial charge is 0.416 e. The van der Waals surface area contributed by atoms with E-state index >= 15 is 0 Å². The zero-order valence-electron chi connectivity index (χ0n) is 19.3. The Kier molecular flexibility index (Phi) is 7.91. The van der Waals surface area contributed by atoms with E-state index in [0.29, 0.717) is 28.5 Å². The molecule has 3 aromatic rings. The molecule has 1 amide bonds. The van der Waals surface area contributed by atoms with Crippen molar-refractivity contribution in [3.05, 3.63) is 88.4 Å². The number of benzene rings is 3. The van der Waals surface area contributed by atoms with Crippen molar-refractivity contribution < 1.29 is 26.4 Å². The first-order valence-corrected chi connectivity index (χ1v) is 13.4. The standard InChI is InChI=1S/C25H22Cl2F3N3O3S/c26-20-8-4-5-9-22(20)31-12-14-32(15-13-31)24(34)17-33(37(35,36)19-6-2-1-3-7-19)23-16-18(25(28,29)30)10-11-21(23)27/h1-11,16H,12-15,17H2. The van der Waals surface area contributed by atoms with Crippen LogP contribution in [0.4, 0.5) is 24.5 Å². The lowest BCUT2D eigenvalue weighted by Gasteiger charge is -2.37. The molecule has 0 spiro atoms. The highest BCUT2D eigenvalue weighted by molar-refractivity contribution is 7.92. The number of para-hydroxylation sites is 1. The smallest absolute Gasteiger partial charge is 0.367 e. The van der Waals surface area contributed by atoms with Crippen molar-refractivity contribution in [1.82, 2.24) is 4.90 Å². The van der Waals surface area contributed by atoms with E-state index in [1.54, 1.807) is 12.1 Å². The van der Waals surface area contributed by atoms with Crippen molar-refractivity contribution in [3.8, 4) is 0 Å². The highest BCUT2D eigenvalue weighted by atomic mass is 35.5. The maximum atomic E-state index is 13.5. The molecule has 3 aromatic carbocycles. The summed E-state index contributed by atoms with van der Waals surface area (Å²) in [5, 5.41) is 0.338. The summed E-state index contributed by atoms with van der Waals surface area (Å²) in [5.41, 5.74) is -0.690. The minimum atomic E-state index is -4.74. The predicted molar refractivity (Wildman–Crippen MR) is 138 cm³/mol. The Bertz CT molecular complexity index is 1380. The van der Waals surface area contributed by atoms with E-state index in [9.17, 15) is 26.4 Å². The third-order valence-electron chi connectivity index (χ3n) is 5.98. The van der Waals surface area contributed by atoms with Gasteiger partial charge in [-0.1, -0.05) is 53.5 Å². The van der Waals surface area contributed by atoms with E-state index in [2.05, 4.69) is 0 Å². The second-order valence-corrected chi connectivity index (χ2v) is 11.0. The molecule has 0 radical (unpaired) electrons. The summed E-state index contributed by atoms with van der Waals surface area (Å²) in [6.45, 7) is 0.736. The summed E-state index contributed by atoms with van der Waals surface area (Å²) in [5.74, 6) is -0.563. The van der Waals surface area contributed by atoms with Crippen LogP contribution in [0.2, 0.25) is 10.0 Å². The molecule has 0 N–H and O–H groups in total. The number of piperazine rings is 1. The van der Waals surface area contributed by atoms with E-state index in [1.807, 2.05) is 23.1 Å². The number of carbonyl (C=O) groups excluding carboxylic acids is 1. The Morgan fingerprint density at radius 1 is 0.865 bits per heavy atom. The lowest BCUT2D eigenvalue weighted by atomic mass is 10.2. The summed E-state index contributed by atoms with van der Waals surface area (Å²) in [4.78, 5) is 16.6. The average molecular weight is 572 g/mol.